The molecule has 6 nitrogen and oxygen atoms in total. The summed E-state index contributed by atoms with van der Waals surface area (Å²) in [6.07, 6.45) is 0. The van der Waals surface area contributed by atoms with Crippen molar-refractivity contribution in [1.29, 1.82) is 0 Å². The Balaban J connectivity index is 5.26. The van der Waals surface area contributed by atoms with Crippen LogP contribution in [0.25, 0.3) is 0 Å². The summed E-state index contributed by atoms with van der Waals surface area (Å²) in [4.78, 5) is 0. The molecule has 0 aliphatic rings. The summed E-state index contributed by atoms with van der Waals surface area (Å²) in [5.74, 6) is -0.907. The molecule has 0 heterocycles. The first-order chi connectivity index (χ1) is 5.07. The molecule has 0 saturated carbocycles. The van der Waals surface area contributed by atoms with Crippen molar-refractivity contribution in [1.82, 2.24) is 0 Å². The van der Waals surface area contributed by atoms with Crippen molar-refractivity contribution >= 4 is 20.2 Å². The highest BCUT2D eigenvalue weighted by Crippen LogP contribution is 2.16. The minimum atomic E-state index is -4.76. The van der Waals surface area contributed by atoms with Crippen LogP contribution < -0.4 is 0 Å². The van der Waals surface area contributed by atoms with Gasteiger partial charge < -0.3 is 0 Å². The summed E-state index contributed by atoms with van der Waals surface area (Å²) in [5.41, 5.74) is 0. The Labute approximate surface area is 71.1 Å². The van der Waals surface area contributed by atoms with Gasteiger partial charge in [0.2, 0.25) is 4.58 Å². The van der Waals surface area contributed by atoms with Gasteiger partial charge in [0.25, 0.3) is 20.2 Å². The molecule has 0 aromatic rings. The molecule has 12 heavy (non-hydrogen) atoms. The summed E-state index contributed by atoms with van der Waals surface area (Å²) < 4.78 is 56.4. The molecule has 0 aliphatic carbocycles. The standard InChI is InChI=1S/C4H10O6S2/c1-3(2)4(11(5,6)7)12(8,9)10/h3-4H,1-2H3,(H,5,6,7)(H,8,9,10). The quantitative estimate of drug-likeness (QED) is 0.632. The summed E-state index contributed by atoms with van der Waals surface area (Å²) in [5, 5.41) is 0. The van der Waals surface area contributed by atoms with Crippen molar-refractivity contribution in [3.05, 3.63) is 0 Å². The normalized spacial score (nSPS) is 14.2. The van der Waals surface area contributed by atoms with E-state index in [0.29, 0.717) is 0 Å². The lowest BCUT2D eigenvalue weighted by molar-refractivity contribution is 0.436. The SMILES string of the molecule is CC(C)C(S(=O)(=O)O)S(=O)(=O)O. The molecule has 0 aromatic heterocycles. The monoisotopic (exact) mass is 218 g/mol. The highest BCUT2D eigenvalue weighted by molar-refractivity contribution is 8.04. The van der Waals surface area contributed by atoms with Crippen LogP contribution in [0.4, 0.5) is 0 Å². The van der Waals surface area contributed by atoms with Gasteiger partial charge in [-0.3, -0.25) is 9.11 Å². The van der Waals surface area contributed by atoms with E-state index in [0.717, 1.165) is 0 Å². The second-order valence-electron chi connectivity index (χ2n) is 2.64. The molecule has 0 aliphatic heterocycles. The first-order valence-electron chi connectivity index (χ1n) is 2.99. The Hall–Kier alpha value is -0.180. The molecule has 8 heteroatoms. The minimum absolute atomic E-state index is 0.907. The first-order valence-corrected chi connectivity index (χ1v) is 6.00. The highest BCUT2D eigenvalue weighted by atomic mass is 32.3. The van der Waals surface area contributed by atoms with Gasteiger partial charge >= 0.3 is 0 Å². The highest BCUT2D eigenvalue weighted by Gasteiger charge is 2.38. The third-order valence-corrected chi connectivity index (χ3v) is 4.85. The number of rotatable bonds is 3. The van der Waals surface area contributed by atoms with Gasteiger partial charge in [0.15, 0.2) is 0 Å². The van der Waals surface area contributed by atoms with E-state index in [1.54, 1.807) is 0 Å². The van der Waals surface area contributed by atoms with Crippen molar-refractivity contribution in [3.63, 3.8) is 0 Å². The van der Waals surface area contributed by atoms with Crippen LogP contribution in [-0.4, -0.2) is 30.5 Å². The van der Waals surface area contributed by atoms with Crippen molar-refractivity contribution in [2.75, 3.05) is 0 Å². The van der Waals surface area contributed by atoms with Crippen molar-refractivity contribution in [3.8, 4) is 0 Å². The number of hydrogen-bond acceptors (Lipinski definition) is 4. The molecule has 0 rings (SSSR count). The molecule has 0 atom stereocenters. The predicted molar refractivity (Wildman–Crippen MR) is 41.7 cm³/mol. The Morgan fingerprint density at radius 3 is 1.17 bits per heavy atom. The molecule has 0 aromatic carbocycles. The van der Waals surface area contributed by atoms with Crippen molar-refractivity contribution in [2.45, 2.75) is 18.4 Å². The molecule has 0 amide bonds. The van der Waals surface area contributed by atoms with Gasteiger partial charge in [-0.2, -0.15) is 16.8 Å². The second-order valence-corrected chi connectivity index (χ2v) is 6.02. The third-order valence-electron chi connectivity index (χ3n) is 1.13. The largest absolute Gasteiger partial charge is 0.285 e. The molecule has 74 valence electrons. The van der Waals surface area contributed by atoms with Crippen molar-refractivity contribution < 1.29 is 25.9 Å². The van der Waals surface area contributed by atoms with E-state index in [-0.39, 0.29) is 0 Å². The van der Waals surface area contributed by atoms with Gasteiger partial charge in [-0.15, -0.1) is 0 Å². The van der Waals surface area contributed by atoms with Gasteiger partial charge in [0.05, 0.1) is 0 Å². The maximum absolute atomic E-state index is 10.4. The molecular weight excluding hydrogens is 208 g/mol. The van der Waals surface area contributed by atoms with Crippen LogP contribution >= 0.6 is 0 Å². The average Bonchev–Trinajstić information content (AvgIpc) is 1.49. The fourth-order valence-electron chi connectivity index (χ4n) is 0.842. The van der Waals surface area contributed by atoms with Crippen LogP contribution in [0, 0.1) is 5.92 Å². The third kappa shape index (κ3) is 3.05. The molecule has 0 spiro atoms. The maximum Gasteiger partial charge on any atom is 0.285 e. The van der Waals surface area contributed by atoms with Crippen LogP contribution in [0.1, 0.15) is 13.8 Å². The molecule has 0 saturated heterocycles. The lowest BCUT2D eigenvalue weighted by Gasteiger charge is -2.13. The average molecular weight is 218 g/mol. The van der Waals surface area contributed by atoms with E-state index in [1.807, 2.05) is 0 Å². The van der Waals surface area contributed by atoms with E-state index in [2.05, 4.69) is 0 Å². The van der Waals surface area contributed by atoms with Crippen LogP contribution in [-0.2, 0) is 20.2 Å². The zero-order valence-corrected chi connectivity index (χ0v) is 8.13. The van der Waals surface area contributed by atoms with Gasteiger partial charge in [-0.1, -0.05) is 13.8 Å². The van der Waals surface area contributed by atoms with Crippen LogP contribution in [0.3, 0.4) is 0 Å². The zero-order valence-electron chi connectivity index (χ0n) is 6.50. The molecule has 2 N–H and O–H groups in total. The van der Waals surface area contributed by atoms with Crippen molar-refractivity contribution in [2.24, 2.45) is 5.92 Å². The second kappa shape index (κ2) is 3.29. The fourth-order valence-corrected chi connectivity index (χ4v) is 3.45. The predicted octanol–water partition coefficient (Wildman–Crippen LogP) is -0.256. The topological polar surface area (TPSA) is 109 Å². The maximum atomic E-state index is 10.4. The van der Waals surface area contributed by atoms with E-state index in [9.17, 15) is 16.8 Å². The fraction of sp³-hybridized carbons (Fsp3) is 1.00. The Kier molecular flexibility index (Phi) is 3.24. The van der Waals surface area contributed by atoms with E-state index in [4.69, 9.17) is 9.11 Å². The van der Waals surface area contributed by atoms with Gasteiger partial charge in [-0.05, 0) is 5.92 Å². The molecule has 0 radical (unpaired) electrons. The number of hydrogen-bond donors (Lipinski definition) is 2. The molecule has 0 fully saturated rings. The summed E-state index contributed by atoms with van der Waals surface area (Å²) in [6.45, 7) is 2.51. The smallest absolute Gasteiger partial charge is 0.284 e. The van der Waals surface area contributed by atoms with E-state index in [1.165, 1.54) is 13.8 Å². The molecular formula is C4H10O6S2. The molecule has 0 bridgehead atoms. The van der Waals surface area contributed by atoms with Gasteiger partial charge in [0, 0.05) is 0 Å². The Morgan fingerprint density at radius 2 is 1.17 bits per heavy atom. The van der Waals surface area contributed by atoms with E-state index < -0.39 is 30.7 Å². The van der Waals surface area contributed by atoms with Crippen LogP contribution in [0.2, 0.25) is 0 Å². The van der Waals surface area contributed by atoms with E-state index >= 15 is 0 Å². The summed E-state index contributed by atoms with van der Waals surface area (Å²) in [7, 11) is -9.52. The van der Waals surface area contributed by atoms with Crippen LogP contribution in [0.15, 0.2) is 0 Å². The zero-order chi connectivity index (χ0) is 10.2. The van der Waals surface area contributed by atoms with Gasteiger partial charge in [0.1, 0.15) is 0 Å². The first kappa shape index (κ1) is 11.8. The summed E-state index contributed by atoms with van der Waals surface area (Å²) >= 11 is 0. The summed E-state index contributed by atoms with van der Waals surface area (Å²) in [6, 6.07) is 0. The van der Waals surface area contributed by atoms with Gasteiger partial charge in [-0.25, -0.2) is 0 Å². The Morgan fingerprint density at radius 1 is 0.917 bits per heavy atom. The minimum Gasteiger partial charge on any atom is -0.284 e. The molecule has 0 unspecified atom stereocenters. The van der Waals surface area contributed by atoms with Crippen LogP contribution in [0.5, 0.6) is 0 Å². The Bertz CT molecular complexity index is 304. The lowest BCUT2D eigenvalue weighted by Crippen LogP contribution is -2.34. The lowest BCUT2D eigenvalue weighted by atomic mass is 10.3.